The summed E-state index contributed by atoms with van der Waals surface area (Å²) in [6.07, 6.45) is 1.78. The first-order valence-electron chi connectivity index (χ1n) is 10.9. The highest BCUT2D eigenvalue weighted by molar-refractivity contribution is 6.11. The number of amides is 1. The van der Waals surface area contributed by atoms with Gasteiger partial charge in [0, 0.05) is 24.5 Å². The van der Waals surface area contributed by atoms with Gasteiger partial charge in [-0.2, -0.15) is 0 Å². The van der Waals surface area contributed by atoms with Gasteiger partial charge in [-0.3, -0.25) is 9.69 Å². The number of rotatable bonds is 7. The lowest BCUT2D eigenvalue weighted by molar-refractivity contribution is -0.122. The molecule has 1 fully saturated rings. The largest absolute Gasteiger partial charge is 0.420 e. The Morgan fingerprint density at radius 3 is 2.12 bits per heavy atom. The quantitative estimate of drug-likeness (QED) is 0.462. The van der Waals surface area contributed by atoms with Crippen molar-refractivity contribution >= 4 is 29.4 Å². The summed E-state index contributed by atoms with van der Waals surface area (Å²) in [5.74, 6) is 0.129. The van der Waals surface area contributed by atoms with E-state index in [1.54, 1.807) is 11.0 Å². The molecule has 32 heavy (non-hydrogen) atoms. The zero-order valence-corrected chi connectivity index (χ0v) is 18.4. The van der Waals surface area contributed by atoms with E-state index in [1.165, 1.54) is 0 Å². The second-order valence-corrected chi connectivity index (χ2v) is 7.42. The first-order chi connectivity index (χ1) is 15.7. The van der Waals surface area contributed by atoms with Crippen LogP contribution in [0.2, 0.25) is 0 Å². The number of hydrogen-bond acceptors (Lipinski definition) is 4. The van der Waals surface area contributed by atoms with E-state index in [9.17, 15) is 4.79 Å². The molecule has 1 heterocycles. The molecule has 162 valence electrons. The van der Waals surface area contributed by atoms with Crippen molar-refractivity contribution in [2.75, 3.05) is 18.0 Å². The van der Waals surface area contributed by atoms with Gasteiger partial charge in [0.2, 0.25) is 0 Å². The fraction of sp³-hybridized carbons (Fsp3) is 0.185. The molecule has 0 bridgehead atoms. The average molecular weight is 426 g/mol. The zero-order valence-electron chi connectivity index (χ0n) is 18.4. The molecule has 3 aromatic carbocycles. The fourth-order valence-corrected chi connectivity index (χ4v) is 3.67. The number of nitrogens with zero attached hydrogens (tertiary/aromatic N) is 3. The van der Waals surface area contributed by atoms with Crippen LogP contribution in [0.1, 0.15) is 25.0 Å². The van der Waals surface area contributed by atoms with Crippen molar-refractivity contribution in [2.45, 2.75) is 20.4 Å². The number of anilines is 2. The summed E-state index contributed by atoms with van der Waals surface area (Å²) in [6.45, 7) is 5.88. The second-order valence-electron chi connectivity index (χ2n) is 7.42. The first-order valence-corrected chi connectivity index (χ1v) is 10.9. The van der Waals surface area contributed by atoms with Crippen LogP contribution in [-0.4, -0.2) is 29.9 Å². The van der Waals surface area contributed by atoms with Crippen LogP contribution in [0.3, 0.4) is 0 Å². The van der Waals surface area contributed by atoms with Gasteiger partial charge in [-0.15, -0.1) is 0 Å². The number of hydrogen-bond donors (Lipinski definition) is 0. The van der Waals surface area contributed by atoms with E-state index in [0.717, 1.165) is 29.0 Å². The van der Waals surface area contributed by atoms with E-state index in [1.807, 2.05) is 67.6 Å². The third-order valence-electron chi connectivity index (χ3n) is 5.33. The molecule has 0 aromatic heterocycles. The summed E-state index contributed by atoms with van der Waals surface area (Å²) in [5, 5.41) is 0. The van der Waals surface area contributed by atoms with Crippen molar-refractivity contribution in [2.24, 2.45) is 4.99 Å². The topological polar surface area (TPSA) is 45.1 Å². The number of ether oxygens (including phenoxy) is 1. The van der Waals surface area contributed by atoms with E-state index >= 15 is 0 Å². The number of amidine groups is 1. The first kappa shape index (κ1) is 21.4. The standard InChI is InChI=1S/C27H27N3O2/c1-3-29(23-13-9-6-10-14-23)24-17-15-21(16-18-24)19-25-26(31)30(4-2)27(32-25)28-20-22-11-7-5-8-12-22/h5-19H,3-4,20H2,1-2H3/b25-19+,28-27?. The van der Waals surface area contributed by atoms with Gasteiger partial charge >= 0.3 is 6.02 Å². The van der Waals surface area contributed by atoms with E-state index in [0.29, 0.717) is 24.9 Å². The van der Waals surface area contributed by atoms with Gasteiger partial charge in [0.1, 0.15) is 0 Å². The molecular weight excluding hydrogens is 398 g/mol. The van der Waals surface area contributed by atoms with Crippen LogP contribution in [-0.2, 0) is 16.1 Å². The Morgan fingerprint density at radius 2 is 1.50 bits per heavy atom. The molecule has 1 aliphatic heterocycles. The molecule has 0 aliphatic carbocycles. The predicted octanol–water partition coefficient (Wildman–Crippen LogP) is 5.62. The number of benzene rings is 3. The fourth-order valence-electron chi connectivity index (χ4n) is 3.67. The molecule has 3 aromatic rings. The third kappa shape index (κ3) is 4.72. The van der Waals surface area contributed by atoms with Gasteiger partial charge in [0.15, 0.2) is 5.76 Å². The van der Waals surface area contributed by atoms with Gasteiger partial charge in [-0.05, 0) is 55.3 Å². The van der Waals surface area contributed by atoms with Crippen LogP contribution in [0.25, 0.3) is 6.08 Å². The smallest absolute Gasteiger partial charge is 0.300 e. The normalized spacial score (nSPS) is 15.9. The minimum atomic E-state index is -0.164. The van der Waals surface area contributed by atoms with Crippen LogP contribution in [0.5, 0.6) is 0 Å². The van der Waals surface area contributed by atoms with Crippen LogP contribution in [0, 0.1) is 0 Å². The van der Waals surface area contributed by atoms with Gasteiger partial charge in [0.05, 0.1) is 6.54 Å². The summed E-state index contributed by atoms with van der Waals surface area (Å²) in [7, 11) is 0. The second kappa shape index (κ2) is 9.96. The molecular formula is C27H27N3O2. The summed E-state index contributed by atoms with van der Waals surface area (Å²) >= 11 is 0. The van der Waals surface area contributed by atoms with Crippen LogP contribution in [0.4, 0.5) is 11.4 Å². The number of para-hydroxylation sites is 1. The lowest BCUT2D eigenvalue weighted by Gasteiger charge is -2.23. The summed E-state index contributed by atoms with van der Waals surface area (Å²) in [4.78, 5) is 21.1. The van der Waals surface area contributed by atoms with E-state index in [2.05, 4.69) is 41.1 Å². The van der Waals surface area contributed by atoms with Crippen LogP contribution < -0.4 is 4.90 Å². The number of carbonyl (C=O) groups is 1. The Kier molecular flexibility index (Phi) is 6.66. The van der Waals surface area contributed by atoms with Gasteiger partial charge < -0.3 is 9.64 Å². The van der Waals surface area contributed by atoms with Crippen molar-refractivity contribution in [3.8, 4) is 0 Å². The Labute approximate surface area is 189 Å². The summed E-state index contributed by atoms with van der Waals surface area (Å²) < 4.78 is 5.85. The Balaban J connectivity index is 1.52. The maximum absolute atomic E-state index is 12.8. The highest BCUT2D eigenvalue weighted by atomic mass is 16.5. The van der Waals surface area contributed by atoms with Crippen molar-refractivity contribution in [1.29, 1.82) is 0 Å². The van der Waals surface area contributed by atoms with Gasteiger partial charge in [-0.25, -0.2) is 4.99 Å². The van der Waals surface area contributed by atoms with Crippen molar-refractivity contribution < 1.29 is 9.53 Å². The van der Waals surface area contributed by atoms with Crippen molar-refractivity contribution in [3.05, 3.63) is 102 Å². The van der Waals surface area contributed by atoms with Gasteiger partial charge in [0.25, 0.3) is 5.91 Å². The lowest BCUT2D eigenvalue weighted by atomic mass is 10.1. The highest BCUT2D eigenvalue weighted by Gasteiger charge is 2.33. The molecule has 0 N–H and O–H groups in total. The van der Waals surface area contributed by atoms with Crippen molar-refractivity contribution in [1.82, 2.24) is 4.90 Å². The maximum Gasteiger partial charge on any atom is 0.300 e. The molecule has 4 rings (SSSR count). The molecule has 0 radical (unpaired) electrons. The highest BCUT2D eigenvalue weighted by Crippen LogP contribution is 2.26. The van der Waals surface area contributed by atoms with Crippen LogP contribution >= 0.6 is 0 Å². The number of aliphatic imine (C=N–C) groups is 1. The molecule has 1 saturated heterocycles. The minimum Gasteiger partial charge on any atom is -0.420 e. The Bertz CT molecular complexity index is 1110. The molecule has 0 atom stereocenters. The number of likely N-dealkylation sites (N-methyl/N-ethyl adjacent to an activating group) is 1. The maximum atomic E-state index is 12.8. The molecule has 1 amide bonds. The Hall–Kier alpha value is -3.86. The van der Waals surface area contributed by atoms with Crippen LogP contribution in [0.15, 0.2) is 95.7 Å². The number of carbonyl (C=O) groups excluding carboxylic acids is 1. The minimum absolute atomic E-state index is 0.164. The summed E-state index contributed by atoms with van der Waals surface area (Å²) in [5.41, 5.74) is 4.22. The molecule has 0 saturated carbocycles. The average Bonchev–Trinajstić information content (AvgIpc) is 3.14. The lowest BCUT2D eigenvalue weighted by Crippen LogP contribution is -2.29. The van der Waals surface area contributed by atoms with E-state index < -0.39 is 0 Å². The predicted molar refractivity (Wildman–Crippen MR) is 130 cm³/mol. The third-order valence-corrected chi connectivity index (χ3v) is 5.33. The molecule has 5 nitrogen and oxygen atoms in total. The molecule has 5 heteroatoms. The Morgan fingerprint density at radius 1 is 0.875 bits per heavy atom. The molecule has 0 unspecified atom stereocenters. The SMILES string of the molecule is CCN1C(=O)/C(=C\c2ccc(N(CC)c3ccccc3)cc2)OC1=NCc1ccccc1. The monoisotopic (exact) mass is 425 g/mol. The van der Waals surface area contributed by atoms with E-state index in [-0.39, 0.29) is 5.91 Å². The molecule has 0 spiro atoms. The zero-order chi connectivity index (χ0) is 22.3. The van der Waals surface area contributed by atoms with E-state index in [4.69, 9.17) is 4.74 Å². The van der Waals surface area contributed by atoms with Gasteiger partial charge in [-0.1, -0.05) is 60.7 Å². The summed E-state index contributed by atoms with van der Waals surface area (Å²) in [6, 6.07) is 28.7. The molecule has 1 aliphatic rings. The van der Waals surface area contributed by atoms with Crippen molar-refractivity contribution in [3.63, 3.8) is 0 Å².